The first-order chi connectivity index (χ1) is 12.5. The molecule has 2 atom stereocenters. The first-order valence-electron chi connectivity index (χ1n) is 8.44. The smallest absolute Gasteiger partial charge is 0.373 e. The van der Waals surface area contributed by atoms with Gasteiger partial charge in [0, 0.05) is 32.4 Å². The monoisotopic (exact) mass is 409 g/mol. The SMILES string of the molecule is CC1CN(CCCNC(=O)c2cccnc2S(=O)(=O)C(F)(F)F)CC(C)O1. The Morgan fingerprint density at radius 1 is 1.33 bits per heavy atom. The summed E-state index contributed by atoms with van der Waals surface area (Å²) in [5.41, 5.74) is -6.15. The topological polar surface area (TPSA) is 88.6 Å². The van der Waals surface area contributed by atoms with Crippen molar-refractivity contribution in [1.29, 1.82) is 0 Å². The largest absolute Gasteiger partial charge is 0.503 e. The van der Waals surface area contributed by atoms with Crippen molar-refractivity contribution in [1.82, 2.24) is 15.2 Å². The fourth-order valence-corrected chi connectivity index (χ4v) is 3.82. The summed E-state index contributed by atoms with van der Waals surface area (Å²) < 4.78 is 67.1. The Hall–Kier alpha value is -1.72. The van der Waals surface area contributed by atoms with Crippen LogP contribution in [0.2, 0.25) is 0 Å². The maximum Gasteiger partial charge on any atom is 0.503 e. The summed E-state index contributed by atoms with van der Waals surface area (Å²) in [7, 11) is -5.71. The summed E-state index contributed by atoms with van der Waals surface area (Å²) in [6.45, 7) is 6.33. The second-order valence-electron chi connectivity index (χ2n) is 6.43. The number of amides is 1. The van der Waals surface area contributed by atoms with Gasteiger partial charge < -0.3 is 10.1 Å². The van der Waals surface area contributed by atoms with Gasteiger partial charge in [0.1, 0.15) is 0 Å². The van der Waals surface area contributed by atoms with Gasteiger partial charge in [-0.1, -0.05) is 0 Å². The van der Waals surface area contributed by atoms with Crippen molar-refractivity contribution in [3.05, 3.63) is 23.9 Å². The molecule has 0 saturated carbocycles. The number of ether oxygens (including phenoxy) is 1. The van der Waals surface area contributed by atoms with Crippen LogP contribution in [0.1, 0.15) is 30.6 Å². The normalized spacial score (nSPS) is 21.8. The van der Waals surface area contributed by atoms with Crippen LogP contribution in [-0.4, -0.2) is 68.1 Å². The van der Waals surface area contributed by atoms with E-state index in [0.29, 0.717) is 13.0 Å². The standard InChI is InChI=1S/C16H22F3N3O4S/c1-11-9-22(10-12(2)26-11)8-4-7-20-14(23)13-5-3-6-21-15(13)27(24,25)16(17,18)19/h3,5-6,11-12H,4,7-10H2,1-2H3,(H,20,23). The Morgan fingerprint density at radius 2 is 1.96 bits per heavy atom. The summed E-state index contributed by atoms with van der Waals surface area (Å²) in [5.74, 6) is -0.908. The van der Waals surface area contributed by atoms with E-state index in [9.17, 15) is 26.4 Å². The Morgan fingerprint density at radius 3 is 2.56 bits per heavy atom. The fraction of sp³-hybridized carbons (Fsp3) is 0.625. The van der Waals surface area contributed by atoms with Crippen molar-refractivity contribution in [2.45, 2.75) is 43.0 Å². The number of halogens is 3. The summed E-state index contributed by atoms with van der Waals surface area (Å²) in [6, 6.07) is 2.22. The average molecular weight is 409 g/mol. The number of morpholine rings is 1. The Balaban J connectivity index is 1.95. The highest BCUT2D eigenvalue weighted by atomic mass is 32.2. The third-order valence-corrected chi connectivity index (χ3v) is 5.45. The molecule has 1 aromatic rings. The van der Waals surface area contributed by atoms with Crippen LogP contribution in [0, 0.1) is 0 Å². The average Bonchev–Trinajstić information content (AvgIpc) is 2.56. The number of nitrogens with one attached hydrogen (secondary N) is 1. The molecule has 2 rings (SSSR count). The molecule has 2 heterocycles. The molecular formula is C16H22F3N3O4S. The molecule has 0 spiro atoms. The van der Waals surface area contributed by atoms with Crippen molar-refractivity contribution in [3.63, 3.8) is 0 Å². The van der Waals surface area contributed by atoms with E-state index in [-0.39, 0.29) is 18.8 Å². The molecule has 0 radical (unpaired) electrons. The molecule has 27 heavy (non-hydrogen) atoms. The quantitative estimate of drug-likeness (QED) is 0.718. The molecule has 1 aliphatic heterocycles. The van der Waals surface area contributed by atoms with Crippen LogP contribution in [0.3, 0.4) is 0 Å². The molecule has 0 bridgehead atoms. The number of carbonyl (C=O) groups is 1. The summed E-state index contributed by atoms with van der Waals surface area (Å²) in [4.78, 5) is 17.6. The lowest BCUT2D eigenvalue weighted by molar-refractivity contribution is -0.0680. The fourth-order valence-electron chi connectivity index (χ4n) is 2.95. The van der Waals surface area contributed by atoms with E-state index in [2.05, 4.69) is 15.2 Å². The van der Waals surface area contributed by atoms with Crippen molar-refractivity contribution in [3.8, 4) is 0 Å². The van der Waals surface area contributed by atoms with E-state index in [1.165, 1.54) is 6.07 Å². The first-order valence-corrected chi connectivity index (χ1v) is 9.93. The number of aromatic nitrogens is 1. The molecule has 1 aromatic heterocycles. The Labute approximate surface area is 155 Å². The van der Waals surface area contributed by atoms with Gasteiger partial charge >= 0.3 is 5.51 Å². The highest BCUT2D eigenvalue weighted by Gasteiger charge is 2.49. The van der Waals surface area contributed by atoms with Crippen molar-refractivity contribution < 1.29 is 31.1 Å². The lowest BCUT2D eigenvalue weighted by Gasteiger charge is -2.35. The van der Waals surface area contributed by atoms with E-state index in [4.69, 9.17) is 4.74 Å². The van der Waals surface area contributed by atoms with Gasteiger partial charge in [0.25, 0.3) is 15.7 Å². The van der Waals surface area contributed by atoms with Crippen LogP contribution in [-0.2, 0) is 14.6 Å². The predicted octanol–water partition coefficient (Wildman–Crippen LogP) is 1.60. The third kappa shape index (κ3) is 5.39. The Bertz CT molecular complexity index is 760. The molecule has 1 aliphatic rings. The van der Waals surface area contributed by atoms with Gasteiger partial charge in [-0.15, -0.1) is 0 Å². The first kappa shape index (κ1) is 21.6. The molecule has 11 heteroatoms. The van der Waals surface area contributed by atoms with Gasteiger partial charge in [-0.05, 0) is 32.4 Å². The van der Waals surface area contributed by atoms with Crippen LogP contribution < -0.4 is 5.32 Å². The highest BCUT2D eigenvalue weighted by molar-refractivity contribution is 7.92. The Kier molecular flexibility index (Phi) is 6.82. The zero-order valence-electron chi connectivity index (χ0n) is 15.0. The van der Waals surface area contributed by atoms with Gasteiger partial charge in [0.15, 0.2) is 5.03 Å². The second-order valence-corrected chi connectivity index (χ2v) is 8.29. The third-order valence-electron chi connectivity index (χ3n) is 4.01. The lowest BCUT2D eigenvalue weighted by Crippen LogP contribution is -2.46. The number of hydrogen-bond donors (Lipinski definition) is 1. The molecule has 1 saturated heterocycles. The van der Waals surface area contributed by atoms with Crippen LogP contribution in [0.25, 0.3) is 0 Å². The molecule has 152 valence electrons. The molecular weight excluding hydrogens is 387 g/mol. The maximum absolute atomic E-state index is 12.8. The van der Waals surface area contributed by atoms with Crippen LogP contribution in [0.15, 0.2) is 23.4 Å². The maximum atomic E-state index is 12.8. The molecule has 1 N–H and O–H groups in total. The van der Waals surface area contributed by atoms with Crippen molar-refractivity contribution >= 4 is 15.7 Å². The zero-order chi connectivity index (χ0) is 20.2. The molecule has 0 aromatic carbocycles. The van der Waals surface area contributed by atoms with Gasteiger partial charge in [-0.3, -0.25) is 9.69 Å². The number of carbonyl (C=O) groups excluding carboxylic acids is 1. The number of pyridine rings is 1. The number of nitrogens with zero attached hydrogens (tertiary/aromatic N) is 2. The van der Waals surface area contributed by atoms with Crippen LogP contribution in [0.5, 0.6) is 0 Å². The molecule has 0 aliphatic carbocycles. The molecule has 7 nitrogen and oxygen atoms in total. The molecule has 1 amide bonds. The summed E-state index contributed by atoms with van der Waals surface area (Å²) in [5, 5.41) is 1.17. The number of alkyl halides is 3. The molecule has 1 fully saturated rings. The minimum Gasteiger partial charge on any atom is -0.373 e. The minimum absolute atomic E-state index is 0.105. The number of rotatable bonds is 6. The van der Waals surface area contributed by atoms with Gasteiger partial charge in [-0.2, -0.15) is 13.2 Å². The highest BCUT2D eigenvalue weighted by Crippen LogP contribution is 2.30. The van der Waals surface area contributed by atoms with Crippen molar-refractivity contribution in [2.75, 3.05) is 26.2 Å². The number of hydrogen-bond acceptors (Lipinski definition) is 6. The van der Waals surface area contributed by atoms with Gasteiger partial charge in [0.2, 0.25) is 0 Å². The zero-order valence-corrected chi connectivity index (χ0v) is 15.8. The van der Waals surface area contributed by atoms with Crippen LogP contribution in [0.4, 0.5) is 13.2 Å². The molecule has 2 unspecified atom stereocenters. The predicted molar refractivity (Wildman–Crippen MR) is 90.9 cm³/mol. The van der Waals surface area contributed by atoms with Gasteiger partial charge in [0.05, 0.1) is 17.8 Å². The van der Waals surface area contributed by atoms with Crippen molar-refractivity contribution in [2.24, 2.45) is 0 Å². The number of sulfone groups is 1. The van der Waals surface area contributed by atoms with E-state index in [1.807, 2.05) is 13.8 Å². The van der Waals surface area contributed by atoms with Gasteiger partial charge in [-0.25, -0.2) is 13.4 Å². The van der Waals surface area contributed by atoms with E-state index in [1.54, 1.807) is 0 Å². The van der Waals surface area contributed by atoms with Crippen LogP contribution >= 0.6 is 0 Å². The van der Waals surface area contributed by atoms with E-state index < -0.39 is 31.8 Å². The minimum atomic E-state index is -5.71. The lowest BCUT2D eigenvalue weighted by atomic mass is 10.2. The summed E-state index contributed by atoms with van der Waals surface area (Å²) >= 11 is 0. The van der Waals surface area contributed by atoms with E-state index in [0.717, 1.165) is 25.4 Å². The summed E-state index contributed by atoms with van der Waals surface area (Å²) in [6.07, 6.45) is 1.67. The second kappa shape index (κ2) is 8.53. The van der Waals surface area contributed by atoms with E-state index >= 15 is 0 Å².